The van der Waals surface area contributed by atoms with Crippen LogP contribution >= 0.6 is 8.60 Å². The number of unbranched alkanes of at least 4 members (excludes halogenated alkanes) is 3. The van der Waals surface area contributed by atoms with E-state index in [1.807, 2.05) is 60.3 Å². The number of aromatic nitrogens is 3. The van der Waals surface area contributed by atoms with E-state index in [4.69, 9.17) is 51.6 Å². The minimum Gasteiger partial charge on any atom is -0.379 e. The van der Waals surface area contributed by atoms with Crippen LogP contribution in [0, 0.1) is 0 Å². The molecule has 1 aliphatic heterocycles. The molecule has 1 aliphatic rings. The van der Waals surface area contributed by atoms with Crippen molar-refractivity contribution in [3.05, 3.63) is 54.1 Å². The van der Waals surface area contributed by atoms with Gasteiger partial charge in [0.05, 0.1) is 144 Å². The van der Waals surface area contributed by atoms with Crippen LogP contribution in [0.5, 0.6) is 0 Å². The third-order valence-electron chi connectivity index (χ3n) is 11.4. The number of likely N-dealkylation sites (N-methyl/N-ethyl adjacent to an activating group) is 1. The molecule has 2 heterocycles. The van der Waals surface area contributed by atoms with E-state index in [9.17, 15) is 19.2 Å². The largest absolute Gasteiger partial charge is 0.379 e. The highest BCUT2D eigenvalue weighted by atomic mass is 31.2. The lowest BCUT2D eigenvalue weighted by Crippen LogP contribution is -2.34. The molecule has 2 aromatic carbocycles. The van der Waals surface area contributed by atoms with E-state index in [1.54, 1.807) is 4.90 Å². The highest BCUT2D eigenvalue weighted by Crippen LogP contribution is 2.41. The zero-order valence-electron chi connectivity index (χ0n) is 45.3. The van der Waals surface area contributed by atoms with Gasteiger partial charge < -0.3 is 73.1 Å². The normalized spacial score (nSPS) is 12.3. The first-order chi connectivity index (χ1) is 37.9. The van der Waals surface area contributed by atoms with E-state index in [0.717, 1.165) is 54.6 Å². The lowest BCUT2D eigenvalue weighted by molar-refractivity contribution is -0.189. The quantitative estimate of drug-likeness (QED) is 0.0272. The summed E-state index contributed by atoms with van der Waals surface area (Å²) >= 11 is 0. The molecule has 77 heavy (non-hydrogen) atoms. The number of carbonyl (C=O) groups is 4. The molecule has 0 aliphatic carbocycles. The summed E-state index contributed by atoms with van der Waals surface area (Å²) in [5.74, 6) is -0.681. The number of anilines is 1. The number of fused-ring (bicyclic) bond motifs is 5. The van der Waals surface area contributed by atoms with Crippen molar-refractivity contribution in [2.24, 2.45) is 0 Å². The molecular formula is C52H83N8O16P. The first-order valence-corrected chi connectivity index (χ1v) is 27.6. The van der Waals surface area contributed by atoms with Crippen LogP contribution < -0.4 is 26.2 Å². The number of rotatable bonds is 47. The molecule has 0 saturated heterocycles. The fourth-order valence-electron chi connectivity index (χ4n) is 7.51. The Morgan fingerprint density at radius 1 is 0.545 bits per heavy atom. The Bertz CT molecular complexity index is 2080. The summed E-state index contributed by atoms with van der Waals surface area (Å²) in [7, 11) is 3.31. The van der Waals surface area contributed by atoms with E-state index in [-0.39, 0.29) is 69.2 Å². The molecule has 24 nitrogen and oxygen atoms in total. The lowest BCUT2D eigenvalue weighted by Gasteiger charge is -2.28. The maximum Gasteiger partial charge on any atom is 0.362 e. The predicted molar refractivity (Wildman–Crippen MR) is 287 cm³/mol. The van der Waals surface area contributed by atoms with E-state index in [0.29, 0.717) is 137 Å². The van der Waals surface area contributed by atoms with Crippen LogP contribution in [0.1, 0.15) is 56.9 Å². The maximum absolute atomic E-state index is 14.0. The molecule has 0 radical (unpaired) electrons. The predicted octanol–water partition coefficient (Wildman–Crippen LogP) is 3.75. The number of amides is 4. The van der Waals surface area contributed by atoms with E-state index >= 15 is 0 Å². The molecule has 0 saturated carbocycles. The molecule has 1 aromatic heterocycles. The Labute approximate surface area is 454 Å². The number of benzene rings is 2. The average Bonchev–Trinajstić information content (AvgIpc) is 3.90. The zero-order chi connectivity index (χ0) is 54.8. The van der Waals surface area contributed by atoms with Crippen LogP contribution in [0.3, 0.4) is 0 Å². The fraction of sp³-hybridized carbons (Fsp3) is 0.654. The van der Waals surface area contributed by atoms with Gasteiger partial charge in [-0.25, -0.2) is 9.57 Å². The average molecular weight is 1110 g/mol. The summed E-state index contributed by atoms with van der Waals surface area (Å²) < 4.78 is 61.7. The molecule has 432 valence electrons. The SMILES string of the molecule is CNCCOCCOCCOCCNC(=O)CCOCCNC(=O)CCC(=O)N1Cc2ccccc2-c2c(nnn2CCOCCOCCOCCOCCC(=O)NCCCCCCOP(OC)OOC)-c2ccccc21. The number of hydrogen-bond donors (Lipinski definition) is 4. The van der Waals surface area contributed by atoms with Crippen LogP contribution in [0.2, 0.25) is 0 Å². The number of ether oxygens (including phenoxy) is 8. The van der Waals surface area contributed by atoms with Gasteiger partial charge in [-0.3, -0.25) is 19.2 Å². The number of nitrogens with zero attached hydrogens (tertiary/aromatic N) is 4. The van der Waals surface area contributed by atoms with Crippen molar-refractivity contribution < 1.29 is 75.7 Å². The molecule has 3 aromatic rings. The Morgan fingerprint density at radius 3 is 1.69 bits per heavy atom. The fourth-order valence-corrected chi connectivity index (χ4v) is 8.12. The summed E-state index contributed by atoms with van der Waals surface area (Å²) in [5, 5.41) is 20.7. The summed E-state index contributed by atoms with van der Waals surface area (Å²) in [5.41, 5.74) is 4.69. The molecule has 4 rings (SSSR count). The van der Waals surface area contributed by atoms with Gasteiger partial charge in [0.25, 0.3) is 0 Å². The Hall–Kier alpha value is -4.63. The molecule has 4 amide bonds. The number of nitrogens with one attached hydrogen (secondary N) is 4. The van der Waals surface area contributed by atoms with E-state index < -0.39 is 8.60 Å². The lowest BCUT2D eigenvalue weighted by atomic mass is 9.95. The van der Waals surface area contributed by atoms with Gasteiger partial charge in [0.15, 0.2) is 0 Å². The second-order valence-corrected chi connectivity index (χ2v) is 18.3. The summed E-state index contributed by atoms with van der Waals surface area (Å²) in [4.78, 5) is 57.3. The van der Waals surface area contributed by atoms with Crippen molar-refractivity contribution in [1.82, 2.24) is 36.3 Å². The number of para-hydroxylation sites is 1. The van der Waals surface area contributed by atoms with Crippen LogP contribution in [-0.4, -0.2) is 198 Å². The van der Waals surface area contributed by atoms with Crippen molar-refractivity contribution in [2.45, 2.75) is 64.5 Å². The first-order valence-electron chi connectivity index (χ1n) is 26.5. The van der Waals surface area contributed by atoms with Gasteiger partial charge in [0.2, 0.25) is 23.6 Å². The third kappa shape index (κ3) is 27.7. The second kappa shape index (κ2) is 42.3. The zero-order valence-corrected chi connectivity index (χ0v) is 46.2. The van der Waals surface area contributed by atoms with Crippen molar-refractivity contribution in [3.63, 3.8) is 0 Å². The van der Waals surface area contributed by atoms with Gasteiger partial charge in [-0.05, 0) is 31.5 Å². The molecule has 0 fully saturated rings. The van der Waals surface area contributed by atoms with Crippen molar-refractivity contribution >= 4 is 37.9 Å². The van der Waals surface area contributed by atoms with Crippen molar-refractivity contribution in [3.8, 4) is 22.5 Å². The van der Waals surface area contributed by atoms with Gasteiger partial charge in [0.1, 0.15) is 5.69 Å². The van der Waals surface area contributed by atoms with E-state index in [2.05, 4.69) is 36.5 Å². The second-order valence-electron chi connectivity index (χ2n) is 17.1. The topological polar surface area (TPSA) is 261 Å². The van der Waals surface area contributed by atoms with Gasteiger partial charge in [-0.15, -0.1) is 5.10 Å². The highest BCUT2D eigenvalue weighted by Gasteiger charge is 2.29. The van der Waals surface area contributed by atoms with Crippen LogP contribution in [0.4, 0.5) is 5.69 Å². The molecular weight excluding hydrogens is 1020 g/mol. The van der Waals surface area contributed by atoms with Gasteiger partial charge in [-0.2, -0.15) is 4.67 Å². The first kappa shape index (κ1) is 64.9. The monoisotopic (exact) mass is 1110 g/mol. The van der Waals surface area contributed by atoms with Crippen LogP contribution in [0.25, 0.3) is 22.5 Å². The molecule has 4 N–H and O–H groups in total. The maximum atomic E-state index is 14.0. The van der Waals surface area contributed by atoms with Crippen molar-refractivity contribution in [1.29, 1.82) is 0 Å². The summed E-state index contributed by atoms with van der Waals surface area (Å²) in [6.07, 6.45) is 4.15. The Kier molecular flexibility index (Phi) is 35.7. The Balaban J connectivity index is 1.05. The van der Waals surface area contributed by atoms with Crippen LogP contribution in [0.15, 0.2) is 48.5 Å². The minimum atomic E-state index is -1.47. The number of hydrogen-bond acceptors (Lipinski definition) is 19. The van der Waals surface area contributed by atoms with Gasteiger partial charge in [-0.1, -0.05) is 60.5 Å². The summed E-state index contributed by atoms with van der Waals surface area (Å²) in [6, 6.07) is 15.4. The van der Waals surface area contributed by atoms with Gasteiger partial charge >= 0.3 is 8.60 Å². The molecule has 0 spiro atoms. The molecule has 1 atom stereocenters. The smallest absolute Gasteiger partial charge is 0.362 e. The minimum absolute atomic E-state index is 0.00742. The number of carbonyl (C=O) groups excluding carboxylic acids is 4. The molecule has 1 unspecified atom stereocenters. The van der Waals surface area contributed by atoms with Crippen molar-refractivity contribution in [2.75, 3.05) is 165 Å². The molecule has 25 heteroatoms. The standard InChI is InChI=1S/C52H83N8O16P/c1-53-21-28-69-33-37-73-38-34-70-30-23-56-49(63)18-26-67-29-22-55-47(61)16-17-50(64)59-42-43-12-6-7-13-44(43)52-51(45-14-8-9-15-46(45)59)57-58-60(52)24-31-71-35-39-74-41-40-72-36-32-68-27-19-48(62)54-20-10-4-5-11-25-75-77(66-3)76-65-2/h6-9,12-15,53H,4-5,10-11,16-42H2,1-3H3,(H,54,62)(H,55,61)(H,56,63). The Morgan fingerprint density at radius 2 is 1.06 bits per heavy atom. The van der Waals surface area contributed by atoms with E-state index in [1.165, 1.54) is 14.2 Å². The molecule has 0 bridgehead atoms. The van der Waals surface area contributed by atoms with Crippen LogP contribution in [-0.2, 0) is 88.8 Å². The summed E-state index contributed by atoms with van der Waals surface area (Å²) in [6.45, 7) is 9.69. The highest BCUT2D eigenvalue weighted by molar-refractivity contribution is 7.41. The third-order valence-corrected chi connectivity index (χ3v) is 12.4. The van der Waals surface area contributed by atoms with Gasteiger partial charge in [0, 0.05) is 70.1 Å².